The largest absolute Gasteiger partial charge is 0.465 e. The van der Waals surface area contributed by atoms with Crippen LogP contribution in [0, 0.1) is 0 Å². The summed E-state index contributed by atoms with van der Waals surface area (Å²) in [6.45, 7) is 0.667. The maximum absolute atomic E-state index is 11.6. The predicted molar refractivity (Wildman–Crippen MR) is 100 cm³/mol. The molecule has 26 heavy (non-hydrogen) atoms. The molecule has 0 saturated heterocycles. The predicted octanol–water partition coefficient (Wildman–Crippen LogP) is 3.39. The van der Waals surface area contributed by atoms with E-state index in [1.54, 1.807) is 24.3 Å². The van der Waals surface area contributed by atoms with Gasteiger partial charge in [-0.05, 0) is 35.7 Å². The van der Waals surface area contributed by atoms with Crippen LogP contribution in [0.25, 0.3) is 6.08 Å². The Labute approximate surface area is 152 Å². The maximum Gasteiger partial charge on any atom is 0.407 e. The van der Waals surface area contributed by atoms with E-state index in [-0.39, 0.29) is 6.61 Å². The molecule has 0 aliphatic carbocycles. The van der Waals surface area contributed by atoms with E-state index in [9.17, 15) is 9.59 Å². The molecule has 136 valence electrons. The molecule has 2 aromatic rings. The molecule has 0 aliphatic rings. The quantitative estimate of drug-likeness (QED) is 0.452. The lowest BCUT2D eigenvalue weighted by Gasteiger charge is -2.06. The summed E-state index contributed by atoms with van der Waals surface area (Å²) in [7, 11) is 1.33. The van der Waals surface area contributed by atoms with Gasteiger partial charge >= 0.3 is 12.1 Å². The number of methoxy groups -OCH3 is 1. The summed E-state index contributed by atoms with van der Waals surface area (Å²) in [6, 6.07) is 14.4. The van der Waals surface area contributed by atoms with Crippen LogP contribution in [-0.4, -0.2) is 25.7 Å². The smallest absolute Gasteiger partial charge is 0.407 e. The first-order valence-corrected chi connectivity index (χ1v) is 8.19. The molecule has 0 unspecified atom stereocenters. The number of benzene rings is 2. The van der Waals surface area contributed by atoms with E-state index >= 15 is 0 Å². The van der Waals surface area contributed by atoms with Gasteiger partial charge in [-0.15, -0.1) is 0 Å². The first-order valence-electron chi connectivity index (χ1n) is 8.19. The van der Waals surface area contributed by atoms with Gasteiger partial charge < -0.3 is 20.5 Å². The molecule has 0 fully saturated rings. The number of rotatable bonds is 7. The van der Waals surface area contributed by atoms with Gasteiger partial charge in [0.15, 0.2) is 0 Å². The Morgan fingerprint density at radius 1 is 1.15 bits per heavy atom. The second-order valence-corrected chi connectivity index (χ2v) is 5.51. The van der Waals surface area contributed by atoms with Crippen molar-refractivity contribution in [2.75, 3.05) is 19.4 Å². The number of hydrogen-bond donors (Lipinski definition) is 2. The van der Waals surface area contributed by atoms with Gasteiger partial charge in [0.2, 0.25) is 0 Å². The molecule has 0 heterocycles. The number of carbonyl (C=O) groups excluding carboxylic acids is 2. The molecule has 1 amide bonds. The summed E-state index contributed by atoms with van der Waals surface area (Å²) in [6.07, 6.45) is 3.81. The van der Waals surface area contributed by atoms with Crippen molar-refractivity contribution in [3.63, 3.8) is 0 Å². The molecule has 0 atom stereocenters. The molecular formula is C20H22N2O4. The summed E-state index contributed by atoms with van der Waals surface area (Å²) in [5.41, 5.74) is 8.54. The van der Waals surface area contributed by atoms with Gasteiger partial charge in [0, 0.05) is 12.2 Å². The summed E-state index contributed by atoms with van der Waals surface area (Å²) >= 11 is 0. The Morgan fingerprint density at radius 3 is 2.65 bits per heavy atom. The Morgan fingerprint density at radius 2 is 1.92 bits per heavy atom. The lowest BCUT2D eigenvalue weighted by atomic mass is 10.1. The summed E-state index contributed by atoms with van der Waals surface area (Å²) in [4.78, 5) is 23.2. The fourth-order valence-corrected chi connectivity index (χ4v) is 2.21. The molecule has 0 spiro atoms. The minimum absolute atomic E-state index is 0.235. The third-order valence-electron chi connectivity index (χ3n) is 3.60. The Bertz CT molecular complexity index is 773. The molecule has 2 aromatic carbocycles. The van der Waals surface area contributed by atoms with E-state index in [1.165, 1.54) is 7.11 Å². The zero-order chi connectivity index (χ0) is 18.8. The molecule has 6 nitrogen and oxygen atoms in total. The Balaban J connectivity index is 1.75. The van der Waals surface area contributed by atoms with Crippen LogP contribution in [0.4, 0.5) is 10.5 Å². The molecule has 6 heteroatoms. The third-order valence-corrected chi connectivity index (χ3v) is 3.60. The number of alkyl carbamates (subject to hydrolysis) is 1. The van der Waals surface area contributed by atoms with Crippen LogP contribution >= 0.6 is 0 Å². The molecule has 2 rings (SSSR count). The van der Waals surface area contributed by atoms with Crippen molar-refractivity contribution in [2.24, 2.45) is 0 Å². The summed E-state index contributed by atoms with van der Waals surface area (Å²) in [5, 5.41) is 2.67. The fraction of sp³-hybridized carbons (Fsp3) is 0.200. The Hall–Kier alpha value is -3.28. The number of esters is 1. The molecular weight excluding hydrogens is 332 g/mol. The van der Waals surface area contributed by atoms with E-state index in [4.69, 9.17) is 15.2 Å². The lowest BCUT2D eigenvalue weighted by Crippen LogP contribution is -2.24. The van der Waals surface area contributed by atoms with Crippen molar-refractivity contribution in [2.45, 2.75) is 13.0 Å². The van der Waals surface area contributed by atoms with Crippen LogP contribution in [0.3, 0.4) is 0 Å². The first-order chi connectivity index (χ1) is 12.6. The first kappa shape index (κ1) is 19.1. The number of anilines is 1. The van der Waals surface area contributed by atoms with Crippen LogP contribution < -0.4 is 11.1 Å². The van der Waals surface area contributed by atoms with Crippen molar-refractivity contribution in [3.8, 4) is 0 Å². The van der Waals surface area contributed by atoms with Gasteiger partial charge in [-0.1, -0.05) is 42.5 Å². The highest BCUT2D eigenvalue weighted by Crippen LogP contribution is 2.16. The third kappa shape index (κ3) is 5.98. The number of carbonyl (C=O) groups is 2. The van der Waals surface area contributed by atoms with Gasteiger partial charge in [-0.25, -0.2) is 9.59 Å². The van der Waals surface area contributed by atoms with E-state index < -0.39 is 12.1 Å². The molecule has 0 saturated carbocycles. The van der Waals surface area contributed by atoms with Crippen LogP contribution in [0.5, 0.6) is 0 Å². The lowest BCUT2D eigenvalue weighted by molar-refractivity contribution is 0.0600. The number of nitrogen functional groups attached to an aromatic ring is 1. The van der Waals surface area contributed by atoms with Gasteiger partial charge in [0.05, 0.1) is 12.7 Å². The SMILES string of the molecule is COC(=O)c1ccc(N)c(C=CCCNC(=O)OCc2ccccc2)c1. The Kier molecular flexibility index (Phi) is 7.24. The van der Waals surface area contributed by atoms with Crippen LogP contribution in [-0.2, 0) is 16.1 Å². The van der Waals surface area contributed by atoms with Crippen molar-refractivity contribution in [1.82, 2.24) is 5.32 Å². The number of hydrogen-bond acceptors (Lipinski definition) is 5. The number of ether oxygens (including phenoxy) is 2. The van der Waals surface area contributed by atoms with E-state index in [2.05, 4.69) is 5.32 Å². The van der Waals surface area contributed by atoms with Crippen LogP contribution in [0.2, 0.25) is 0 Å². The number of amides is 1. The molecule has 0 aliphatic heterocycles. The second-order valence-electron chi connectivity index (χ2n) is 5.51. The fourth-order valence-electron chi connectivity index (χ4n) is 2.21. The zero-order valence-electron chi connectivity index (χ0n) is 14.6. The molecule has 0 radical (unpaired) electrons. The van der Waals surface area contributed by atoms with Crippen LogP contribution in [0.1, 0.15) is 27.9 Å². The van der Waals surface area contributed by atoms with Crippen LogP contribution in [0.15, 0.2) is 54.6 Å². The van der Waals surface area contributed by atoms with E-state index in [1.807, 2.05) is 36.4 Å². The number of nitrogens with two attached hydrogens (primary N) is 1. The molecule has 0 aromatic heterocycles. The highest BCUT2D eigenvalue weighted by molar-refractivity contribution is 5.91. The summed E-state index contributed by atoms with van der Waals surface area (Å²) < 4.78 is 9.81. The highest BCUT2D eigenvalue weighted by atomic mass is 16.5. The van der Waals surface area contributed by atoms with Crippen molar-refractivity contribution in [3.05, 3.63) is 71.3 Å². The van der Waals surface area contributed by atoms with Gasteiger partial charge in [0.1, 0.15) is 6.61 Å². The highest BCUT2D eigenvalue weighted by Gasteiger charge is 2.06. The van der Waals surface area contributed by atoms with Gasteiger partial charge in [-0.2, -0.15) is 0 Å². The molecule has 0 bridgehead atoms. The average molecular weight is 354 g/mol. The van der Waals surface area contributed by atoms with Gasteiger partial charge in [-0.3, -0.25) is 0 Å². The van der Waals surface area contributed by atoms with Gasteiger partial charge in [0.25, 0.3) is 0 Å². The van der Waals surface area contributed by atoms with Crippen molar-refractivity contribution in [1.29, 1.82) is 0 Å². The van der Waals surface area contributed by atoms with E-state index in [0.29, 0.717) is 24.2 Å². The maximum atomic E-state index is 11.6. The average Bonchev–Trinajstić information content (AvgIpc) is 2.67. The second kappa shape index (κ2) is 9.88. The normalized spacial score (nSPS) is 10.5. The minimum Gasteiger partial charge on any atom is -0.465 e. The number of nitrogens with one attached hydrogen (secondary N) is 1. The monoisotopic (exact) mass is 354 g/mol. The topological polar surface area (TPSA) is 90.6 Å². The van der Waals surface area contributed by atoms with E-state index in [0.717, 1.165) is 11.1 Å². The minimum atomic E-state index is -0.463. The zero-order valence-corrected chi connectivity index (χ0v) is 14.6. The van der Waals surface area contributed by atoms with Crippen molar-refractivity contribution < 1.29 is 19.1 Å². The van der Waals surface area contributed by atoms with Crippen molar-refractivity contribution >= 4 is 23.8 Å². The standard InChI is InChI=1S/C20H22N2O4/c1-25-19(23)17-10-11-18(21)16(13-17)9-5-6-12-22-20(24)26-14-15-7-3-2-4-8-15/h2-5,7-11,13H,6,12,14,21H2,1H3,(H,22,24). The molecule has 3 N–H and O–H groups in total. The summed E-state index contributed by atoms with van der Waals surface area (Å²) in [5.74, 6) is -0.414.